The molecular weight excluding hydrogens is 383 g/mol. The van der Waals surface area contributed by atoms with Crippen LogP contribution in [0.15, 0.2) is 24.7 Å². The lowest BCUT2D eigenvalue weighted by atomic mass is 9.98. The highest BCUT2D eigenvalue weighted by atomic mass is 35.5. The molecule has 0 aliphatic carbocycles. The third kappa shape index (κ3) is 3.77. The molecule has 3 aromatic rings. The highest BCUT2D eigenvalue weighted by Crippen LogP contribution is 2.28. The summed E-state index contributed by atoms with van der Waals surface area (Å²) in [5, 5.41) is 4.36. The van der Waals surface area contributed by atoms with Crippen molar-refractivity contribution < 1.29 is 9.18 Å². The van der Waals surface area contributed by atoms with E-state index in [-0.39, 0.29) is 17.6 Å². The number of nitrogens with one attached hydrogen (secondary N) is 2. The molecule has 0 saturated carbocycles. The van der Waals surface area contributed by atoms with Gasteiger partial charge in [0.05, 0.1) is 11.2 Å². The fourth-order valence-corrected chi connectivity index (χ4v) is 3.70. The number of likely N-dealkylation sites (tertiary alicyclic amines) is 1. The Balaban J connectivity index is 1.54. The Morgan fingerprint density at radius 1 is 1.43 bits per heavy atom. The first-order valence-corrected chi connectivity index (χ1v) is 9.54. The number of anilines is 1. The summed E-state index contributed by atoms with van der Waals surface area (Å²) in [5.41, 5.74) is 1.36. The highest BCUT2D eigenvalue weighted by molar-refractivity contribution is 6.31. The van der Waals surface area contributed by atoms with Crippen molar-refractivity contribution in [1.29, 1.82) is 0 Å². The maximum atomic E-state index is 14.3. The molecule has 3 aromatic heterocycles. The van der Waals surface area contributed by atoms with Crippen molar-refractivity contribution in [3.63, 3.8) is 0 Å². The minimum Gasteiger partial charge on any atom is -0.367 e. The van der Waals surface area contributed by atoms with Crippen molar-refractivity contribution in [1.82, 2.24) is 24.8 Å². The van der Waals surface area contributed by atoms with Crippen LogP contribution in [0.5, 0.6) is 0 Å². The Kier molecular flexibility index (Phi) is 5.13. The largest absolute Gasteiger partial charge is 0.367 e. The molecule has 146 valence electrons. The van der Waals surface area contributed by atoms with Crippen LogP contribution in [0.3, 0.4) is 0 Å². The van der Waals surface area contributed by atoms with Crippen LogP contribution in [0, 0.1) is 11.7 Å². The number of fused-ring (bicyclic) bond motifs is 1. The number of carbonyl (C=O) groups excluding carboxylic acids is 1. The normalized spacial score (nSPS) is 17.1. The Morgan fingerprint density at radius 3 is 3.11 bits per heavy atom. The average molecular weight is 403 g/mol. The van der Waals surface area contributed by atoms with Gasteiger partial charge in [0.2, 0.25) is 5.91 Å². The fourth-order valence-electron chi connectivity index (χ4n) is 3.54. The molecule has 0 aromatic carbocycles. The first-order chi connectivity index (χ1) is 13.5. The van der Waals surface area contributed by atoms with Gasteiger partial charge in [-0.15, -0.1) is 0 Å². The lowest BCUT2D eigenvalue weighted by Crippen LogP contribution is -2.40. The van der Waals surface area contributed by atoms with Gasteiger partial charge < -0.3 is 15.2 Å². The Bertz CT molecular complexity index is 1020. The number of halogens is 2. The zero-order valence-electron chi connectivity index (χ0n) is 15.4. The number of carbonyl (C=O) groups is 1. The molecule has 0 bridgehead atoms. The molecule has 1 aliphatic rings. The van der Waals surface area contributed by atoms with E-state index in [9.17, 15) is 9.18 Å². The minimum atomic E-state index is -0.515. The van der Waals surface area contributed by atoms with E-state index in [0.717, 1.165) is 31.0 Å². The minimum absolute atomic E-state index is 0.0757. The number of amides is 1. The molecule has 1 saturated heterocycles. The summed E-state index contributed by atoms with van der Waals surface area (Å²) >= 11 is 6.04. The SMILES string of the molecule is CC(=O)N1CCCC(CNc2nc(-c3c[nH]c4ncc(Cl)cc34)ncc2F)C1. The second-order valence-electron chi connectivity index (χ2n) is 7.00. The molecule has 1 fully saturated rings. The number of piperidine rings is 1. The molecule has 1 unspecified atom stereocenters. The van der Waals surface area contributed by atoms with Gasteiger partial charge in [-0.2, -0.15) is 0 Å². The van der Waals surface area contributed by atoms with E-state index in [0.29, 0.717) is 35.1 Å². The predicted octanol–water partition coefficient (Wildman–Crippen LogP) is 3.48. The van der Waals surface area contributed by atoms with Gasteiger partial charge in [-0.25, -0.2) is 19.3 Å². The summed E-state index contributed by atoms with van der Waals surface area (Å²) in [6, 6.07) is 1.77. The van der Waals surface area contributed by atoms with Crippen LogP contribution in [0.2, 0.25) is 5.02 Å². The van der Waals surface area contributed by atoms with Gasteiger partial charge in [0.25, 0.3) is 0 Å². The van der Waals surface area contributed by atoms with E-state index in [1.165, 1.54) is 0 Å². The van der Waals surface area contributed by atoms with Crippen LogP contribution in [-0.2, 0) is 4.79 Å². The summed E-state index contributed by atoms with van der Waals surface area (Å²) in [6.07, 6.45) is 6.38. The smallest absolute Gasteiger partial charge is 0.219 e. The van der Waals surface area contributed by atoms with E-state index < -0.39 is 5.82 Å². The van der Waals surface area contributed by atoms with Gasteiger partial charge in [-0.3, -0.25) is 4.79 Å². The van der Waals surface area contributed by atoms with Crippen LogP contribution in [0.4, 0.5) is 10.2 Å². The number of nitrogens with zero attached hydrogens (tertiary/aromatic N) is 4. The Hall–Kier alpha value is -2.74. The summed E-state index contributed by atoms with van der Waals surface area (Å²) in [5.74, 6) is 0.347. The van der Waals surface area contributed by atoms with Crippen LogP contribution in [0.1, 0.15) is 19.8 Å². The molecule has 1 atom stereocenters. The second-order valence-corrected chi connectivity index (χ2v) is 7.43. The summed E-state index contributed by atoms with van der Waals surface area (Å²) in [6.45, 7) is 3.58. The average Bonchev–Trinajstić information content (AvgIpc) is 3.10. The molecule has 4 heterocycles. The fraction of sp³-hybridized carbons (Fsp3) is 0.368. The molecular formula is C19H20ClFN6O. The van der Waals surface area contributed by atoms with E-state index in [1.54, 1.807) is 25.4 Å². The third-order valence-corrected chi connectivity index (χ3v) is 5.21. The zero-order chi connectivity index (χ0) is 19.7. The van der Waals surface area contributed by atoms with E-state index in [2.05, 4.69) is 25.3 Å². The van der Waals surface area contributed by atoms with E-state index in [1.807, 2.05) is 4.90 Å². The van der Waals surface area contributed by atoms with Gasteiger partial charge in [0, 0.05) is 49.9 Å². The van der Waals surface area contributed by atoms with Gasteiger partial charge in [0.15, 0.2) is 17.5 Å². The van der Waals surface area contributed by atoms with Crippen LogP contribution in [-0.4, -0.2) is 50.4 Å². The van der Waals surface area contributed by atoms with Crippen molar-refractivity contribution in [3.05, 3.63) is 35.5 Å². The summed E-state index contributed by atoms with van der Waals surface area (Å²) < 4.78 is 14.3. The second kappa shape index (κ2) is 7.71. The number of rotatable bonds is 4. The van der Waals surface area contributed by atoms with Crippen molar-refractivity contribution in [2.75, 3.05) is 25.0 Å². The molecule has 28 heavy (non-hydrogen) atoms. The number of aromatic nitrogens is 4. The summed E-state index contributed by atoms with van der Waals surface area (Å²) in [7, 11) is 0. The monoisotopic (exact) mass is 402 g/mol. The number of hydrogen-bond acceptors (Lipinski definition) is 5. The maximum absolute atomic E-state index is 14.3. The van der Waals surface area contributed by atoms with Crippen molar-refractivity contribution >= 4 is 34.4 Å². The lowest BCUT2D eigenvalue weighted by molar-refractivity contribution is -0.130. The van der Waals surface area contributed by atoms with E-state index >= 15 is 0 Å². The molecule has 1 aliphatic heterocycles. The lowest BCUT2D eigenvalue weighted by Gasteiger charge is -2.32. The number of hydrogen-bond donors (Lipinski definition) is 2. The first kappa shape index (κ1) is 18.6. The van der Waals surface area contributed by atoms with Crippen molar-refractivity contribution in [2.45, 2.75) is 19.8 Å². The molecule has 0 spiro atoms. The van der Waals surface area contributed by atoms with Gasteiger partial charge in [0.1, 0.15) is 5.65 Å². The van der Waals surface area contributed by atoms with Gasteiger partial charge >= 0.3 is 0 Å². The zero-order valence-corrected chi connectivity index (χ0v) is 16.1. The maximum Gasteiger partial charge on any atom is 0.219 e. The standard InChI is InChI=1S/C19H20ClFN6O/c1-11(28)27-4-2-3-12(10-27)6-22-19-16(21)9-25-18(26-19)15-8-24-17-14(15)5-13(20)7-23-17/h5,7-9,12H,2-4,6,10H2,1H3,(H,23,24)(H,22,25,26). The third-order valence-electron chi connectivity index (χ3n) is 5.01. The van der Waals surface area contributed by atoms with Crippen LogP contribution in [0.25, 0.3) is 22.4 Å². The van der Waals surface area contributed by atoms with Crippen LogP contribution >= 0.6 is 11.6 Å². The first-order valence-electron chi connectivity index (χ1n) is 9.16. The van der Waals surface area contributed by atoms with Crippen LogP contribution < -0.4 is 5.32 Å². The quantitative estimate of drug-likeness (QED) is 0.697. The molecule has 4 rings (SSSR count). The topological polar surface area (TPSA) is 86.8 Å². The predicted molar refractivity (Wildman–Crippen MR) is 106 cm³/mol. The molecule has 9 heteroatoms. The number of H-pyrrole nitrogens is 1. The highest BCUT2D eigenvalue weighted by Gasteiger charge is 2.22. The molecule has 1 amide bonds. The summed E-state index contributed by atoms with van der Waals surface area (Å²) in [4.78, 5) is 29.2. The van der Waals surface area contributed by atoms with E-state index in [4.69, 9.17) is 11.6 Å². The Morgan fingerprint density at radius 2 is 2.29 bits per heavy atom. The van der Waals surface area contributed by atoms with Crippen molar-refractivity contribution in [2.24, 2.45) is 5.92 Å². The Labute approximate surface area is 166 Å². The number of aromatic amines is 1. The van der Waals surface area contributed by atoms with Gasteiger partial charge in [-0.1, -0.05) is 11.6 Å². The number of pyridine rings is 1. The van der Waals surface area contributed by atoms with Crippen molar-refractivity contribution in [3.8, 4) is 11.4 Å². The molecule has 7 nitrogen and oxygen atoms in total. The van der Waals surface area contributed by atoms with Gasteiger partial charge in [-0.05, 0) is 24.8 Å². The molecule has 2 N–H and O–H groups in total. The molecule has 0 radical (unpaired) electrons.